The Hall–Kier alpha value is -4.06. The number of aromatic nitrogens is 4. The number of fused-ring (bicyclic) bond motifs is 4. The van der Waals surface area contributed by atoms with Crippen molar-refractivity contribution in [3.05, 3.63) is 41.6 Å². The Labute approximate surface area is 271 Å². The van der Waals surface area contributed by atoms with Crippen LogP contribution in [-0.4, -0.2) is 67.5 Å². The Morgan fingerprint density at radius 3 is 2.62 bits per heavy atom. The van der Waals surface area contributed by atoms with E-state index in [0.717, 1.165) is 60.9 Å². The van der Waals surface area contributed by atoms with Crippen molar-refractivity contribution in [3.63, 3.8) is 0 Å². The molecule has 1 saturated heterocycles. The Balaban J connectivity index is 1.16. The van der Waals surface area contributed by atoms with Gasteiger partial charge < -0.3 is 29.8 Å². The third-order valence-corrected chi connectivity index (χ3v) is 11.2. The zero-order chi connectivity index (χ0) is 33.0. The fourth-order valence-electron chi connectivity index (χ4n) is 7.81. The predicted molar refractivity (Wildman–Crippen MR) is 173 cm³/mol. The van der Waals surface area contributed by atoms with Crippen LogP contribution >= 0.6 is 0 Å². The average Bonchev–Trinajstić information content (AvgIpc) is 3.77. The van der Waals surface area contributed by atoms with E-state index in [1.165, 1.54) is 6.92 Å². The number of amides is 2. The molecule has 3 aromatic heterocycles. The molecule has 248 valence electrons. The number of imidazole rings is 1. The Morgan fingerprint density at radius 2 is 1.91 bits per heavy atom. The van der Waals surface area contributed by atoms with Crippen LogP contribution in [0.2, 0.25) is 0 Å². The van der Waals surface area contributed by atoms with Gasteiger partial charge in [-0.3, -0.25) is 9.59 Å². The smallest absolute Gasteiger partial charge is 0.263 e. The van der Waals surface area contributed by atoms with Gasteiger partial charge in [0.15, 0.2) is 5.82 Å². The van der Waals surface area contributed by atoms with Gasteiger partial charge in [0.1, 0.15) is 22.3 Å². The van der Waals surface area contributed by atoms with Gasteiger partial charge in [-0.05, 0) is 88.1 Å². The van der Waals surface area contributed by atoms with E-state index in [1.54, 1.807) is 14.0 Å². The molecule has 3 saturated carbocycles. The standard InChI is InChI=1S/C35H41F2N7O3/c1-18(39-33(46)34(2)17-35(34,36)37)25-10-8-21-13-27(44(30(21)40-25)15-19-5-6-19)31-41-26-12-22(14-28(47-4)29(26)42(31)3)32(45)43-16-24(38)20-7-9-23(43)11-20/h8,10,12-14,18-20,23-24H,5-7,9,11,15-17,38H2,1-4H3,(H,39,46)/t18-,20+,23-,24+,34+/m1/s1. The van der Waals surface area contributed by atoms with Gasteiger partial charge >= 0.3 is 0 Å². The second-order valence-electron chi connectivity index (χ2n) is 14.5. The number of halogens is 2. The summed E-state index contributed by atoms with van der Waals surface area (Å²) in [5.74, 6) is -1.39. The minimum Gasteiger partial charge on any atom is -0.494 e. The van der Waals surface area contributed by atoms with Gasteiger partial charge in [0.25, 0.3) is 11.8 Å². The molecule has 5 atom stereocenters. The number of carbonyl (C=O) groups excluding carboxylic acids is 2. The molecule has 0 spiro atoms. The highest BCUT2D eigenvalue weighted by Gasteiger charge is 2.72. The molecule has 0 radical (unpaired) electrons. The first-order chi connectivity index (χ1) is 22.4. The summed E-state index contributed by atoms with van der Waals surface area (Å²) in [6.07, 6.45) is 4.83. The van der Waals surface area contributed by atoms with E-state index in [4.69, 9.17) is 20.4 Å². The van der Waals surface area contributed by atoms with E-state index in [2.05, 4.69) is 16.0 Å². The van der Waals surface area contributed by atoms with E-state index in [-0.39, 0.29) is 18.0 Å². The quantitative estimate of drug-likeness (QED) is 0.273. The molecular formula is C35H41F2N7O3. The third-order valence-electron chi connectivity index (χ3n) is 11.2. The van der Waals surface area contributed by atoms with Gasteiger partial charge in [0.05, 0.1) is 30.1 Å². The largest absolute Gasteiger partial charge is 0.494 e. The molecule has 47 heavy (non-hydrogen) atoms. The summed E-state index contributed by atoms with van der Waals surface area (Å²) in [5.41, 5.74) is 8.97. The normalized spacial score (nSPS) is 27.0. The van der Waals surface area contributed by atoms with E-state index in [1.807, 2.05) is 40.8 Å². The van der Waals surface area contributed by atoms with Crippen LogP contribution in [-0.2, 0) is 18.4 Å². The number of carbonyl (C=O) groups is 2. The van der Waals surface area contributed by atoms with Crippen molar-refractivity contribution in [1.82, 2.24) is 29.3 Å². The number of hydrogen-bond acceptors (Lipinski definition) is 6. The minimum absolute atomic E-state index is 0.00206. The van der Waals surface area contributed by atoms with Crippen LogP contribution in [0, 0.1) is 17.3 Å². The molecule has 4 aromatic rings. The van der Waals surface area contributed by atoms with Crippen molar-refractivity contribution in [2.24, 2.45) is 30.0 Å². The Kier molecular flexibility index (Phi) is 6.75. The van der Waals surface area contributed by atoms with Crippen molar-refractivity contribution >= 4 is 33.9 Å². The van der Waals surface area contributed by atoms with Gasteiger partial charge in [-0.25, -0.2) is 18.7 Å². The maximum absolute atomic E-state index is 13.9. The van der Waals surface area contributed by atoms with Crippen LogP contribution in [0.25, 0.3) is 33.6 Å². The molecule has 4 fully saturated rings. The summed E-state index contributed by atoms with van der Waals surface area (Å²) in [7, 11) is 3.55. The van der Waals surface area contributed by atoms with Gasteiger partial charge in [-0.2, -0.15) is 0 Å². The van der Waals surface area contributed by atoms with Crippen molar-refractivity contribution < 1.29 is 23.1 Å². The zero-order valence-corrected chi connectivity index (χ0v) is 27.2. The van der Waals surface area contributed by atoms with Gasteiger partial charge in [-0.1, -0.05) is 0 Å². The first-order valence-electron chi connectivity index (χ1n) is 16.7. The number of benzene rings is 1. The lowest BCUT2D eigenvalue weighted by atomic mass is 9.94. The highest BCUT2D eigenvalue weighted by Crippen LogP contribution is 2.60. The topological polar surface area (TPSA) is 120 Å². The molecule has 4 aliphatic rings. The Bertz CT molecular complexity index is 1950. The summed E-state index contributed by atoms with van der Waals surface area (Å²) < 4.78 is 37.7. The van der Waals surface area contributed by atoms with Crippen molar-refractivity contribution in [2.75, 3.05) is 13.7 Å². The molecular weight excluding hydrogens is 604 g/mol. The number of nitrogens with zero attached hydrogens (tertiary/aromatic N) is 5. The molecule has 1 aliphatic heterocycles. The number of nitrogens with two attached hydrogens (primary N) is 1. The lowest BCUT2D eigenvalue weighted by Gasteiger charge is -2.37. The van der Waals surface area contributed by atoms with E-state index < -0.39 is 29.7 Å². The van der Waals surface area contributed by atoms with Crippen molar-refractivity contribution in [2.45, 2.75) is 83.0 Å². The number of alkyl halides is 2. The molecule has 1 aromatic carbocycles. The van der Waals surface area contributed by atoms with E-state index in [0.29, 0.717) is 46.7 Å². The number of nitrogens with one attached hydrogen (secondary N) is 1. The Morgan fingerprint density at radius 1 is 1.15 bits per heavy atom. The molecule has 3 aliphatic carbocycles. The van der Waals surface area contributed by atoms with Crippen LogP contribution < -0.4 is 15.8 Å². The third kappa shape index (κ3) is 4.81. The lowest BCUT2D eigenvalue weighted by Crippen LogP contribution is -2.51. The first-order valence-corrected chi connectivity index (χ1v) is 16.7. The molecule has 12 heteroatoms. The van der Waals surface area contributed by atoms with Crippen molar-refractivity contribution in [1.29, 1.82) is 0 Å². The molecule has 0 unspecified atom stereocenters. The highest BCUT2D eigenvalue weighted by molar-refractivity contribution is 6.00. The first kappa shape index (κ1) is 30.3. The number of ether oxygens (including phenoxy) is 1. The van der Waals surface area contributed by atoms with Crippen LogP contribution in [0.4, 0.5) is 8.78 Å². The van der Waals surface area contributed by atoms with Gasteiger partial charge in [0, 0.05) is 49.6 Å². The monoisotopic (exact) mass is 645 g/mol. The van der Waals surface area contributed by atoms with E-state index in [9.17, 15) is 18.4 Å². The van der Waals surface area contributed by atoms with Crippen LogP contribution in [0.5, 0.6) is 5.75 Å². The van der Waals surface area contributed by atoms with Crippen LogP contribution in [0.15, 0.2) is 30.3 Å². The summed E-state index contributed by atoms with van der Waals surface area (Å²) in [4.78, 5) is 38.5. The summed E-state index contributed by atoms with van der Waals surface area (Å²) >= 11 is 0. The SMILES string of the molecule is COc1cc(C(=O)N2C[C@H](N)[C@H]3CC[C@@H]2C3)cc2nc(-c3cc4ccc([C@@H](C)NC(=O)[C@]5(C)CC5(F)F)nc4n3CC3CC3)n(C)c12. The number of pyridine rings is 1. The van der Waals surface area contributed by atoms with E-state index >= 15 is 0 Å². The lowest BCUT2D eigenvalue weighted by molar-refractivity contribution is -0.130. The predicted octanol–water partition coefficient (Wildman–Crippen LogP) is 5.18. The molecule has 10 nitrogen and oxygen atoms in total. The number of hydrogen-bond donors (Lipinski definition) is 2. The average molecular weight is 646 g/mol. The van der Waals surface area contributed by atoms with Crippen molar-refractivity contribution in [3.8, 4) is 17.3 Å². The fourth-order valence-corrected chi connectivity index (χ4v) is 7.81. The maximum atomic E-state index is 13.9. The number of aryl methyl sites for hydroxylation is 1. The van der Waals surface area contributed by atoms with Crippen LogP contribution in [0.1, 0.15) is 74.5 Å². The highest BCUT2D eigenvalue weighted by atomic mass is 19.3. The molecule has 2 bridgehead atoms. The minimum atomic E-state index is -2.98. The molecule has 2 amide bonds. The summed E-state index contributed by atoms with van der Waals surface area (Å²) in [6.45, 7) is 4.38. The fraction of sp³-hybridized carbons (Fsp3) is 0.543. The number of piperidine rings is 1. The summed E-state index contributed by atoms with van der Waals surface area (Å²) in [6, 6.07) is 9.19. The number of methoxy groups -OCH3 is 1. The molecule has 8 rings (SSSR count). The maximum Gasteiger partial charge on any atom is 0.263 e. The van der Waals surface area contributed by atoms with Gasteiger partial charge in [0.2, 0.25) is 5.91 Å². The second kappa shape index (κ2) is 10.5. The number of rotatable bonds is 8. The zero-order valence-electron chi connectivity index (χ0n) is 27.2. The van der Waals surface area contributed by atoms with Gasteiger partial charge in [-0.15, -0.1) is 0 Å². The molecule has 4 heterocycles. The molecule has 3 N–H and O–H groups in total. The summed E-state index contributed by atoms with van der Waals surface area (Å²) in [5, 5.41) is 3.67. The second-order valence-corrected chi connectivity index (χ2v) is 14.5. The number of likely N-dealkylation sites (tertiary alicyclic amines) is 1. The van der Waals surface area contributed by atoms with Crippen LogP contribution in [0.3, 0.4) is 0 Å².